The van der Waals surface area contributed by atoms with Crippen molar-refractivity contribution in [3.05, 3.63) is 35.4 Å². The van der Waals surface area contributed by atoms with Gasteiger partial charge in [-0.05, 0) is 23.5 Å². The summed E-state index contributed by atoms with van der Waals surface area (Å²) < 4.78 is 0. The van der Waals surface area contributed by atoms with E-state index in [-0.39, 0.29) is 16.7 Å². The highest BCUT2D eigenvalue weighted by molar-refractivity contribution is 8.00. The van der Waals surface area contributed by atoms with Gasteiger partial charge in [-0.2, -0.15) is 0 Å². The van der Waals surface area contributed by atoms with Crippen LogP contribution in [0.1, 0.15) is 44.2 Å². The lowest BCUT2D eigenvalue weighted by molar-refractivity contribution is -0.148. The van der Waals surface area contributed by atoms with Crippen LogP contribution in [-0.2, 0) is 15.0 Å². The molecule has 0 saturated carbocycles. The second-order valence-electron chi connectivity index (χ2n) is 6.35. The van der Waals surface area contributed by atoms with Crippen LogP contribution in [0.15, 0.2) is 24.3 Å². The lowest BCUT2D eigenvalue weighted by atomic mass is 9.86. The van der Waals surface area contributed by atoms with Crippen molar-refractivity contribution in [3.8, 4) is 0 Å². The van der Waals surface area contributed by atoms with Gasteiger partial charge in [0.2, 0.25) is 5.91 Å². The Morgan fingerprint density at radius 3 is 2.38 bits per heavy atom. The molecular formula is C16H21NO3S. The van der Waals surface area contributed by atoms with Crippen LogP contribution < -0.4 is 0 Å². The largest absolute Gasteiger partial charge is 0.480 e. The summed E-state index contributed by atoms with van der Waals surface area (Å²) in [5.41, 5.74) is 2.27. The van der Waals surface area contributed by atoms with Crippen LogP contribution in [0.5, 0.6) is 0 Å². The number of rotatable bonds is 3. The molecule has 1 N–H and O–H groups in total. The van der Waals surface area contributed by atoms with E-state index in [1.807, 2.05) is 12.1 Å². The predicted molar refractivity (Wildman–Crippen MR) is 84.3 cm³/mol. The molecule has 21 heavy (non-hydrogen) atoms. The van der Waals surface area contributed by atoms with Gasteiger partial charge < -0.3 is 10.0 Å². The van der Waals surface area contributed by atoms with Gasteiger partial charge in [0.05, 0.1) is 5.75 Å². The number of hydrogen-bond acceptors (Lipinski definition) is 3. The predicted octanol–water partition coefficient (Wildman–Crippen LogP) is 3.03. The van der Waals surface area contributed by atoms with Crippen molar-refractivity contribution in [1.29, 1.82) is 0 Å². The maximum atomic E-state index is 12.0. The molecule has 2 atom stereocenters. The molecule has 114 valence electrons. The van der Waals surface area contributed by atoms with E-state index in [9.17, 15) is 14.7 Å². The van der Waals surface area contributed by atoms with E-state index in [0.717, 1.165) is 5.56 Å². The van der Waals surface area contributed by atoms with Crippen molar-refractivity contribution >= 4 is 23.6 Å². The SMILES string of the molecule is C[C@H](C(=O)O)N1C(=O)CS[C@@H]1c1ccc(C(C)(C)C)cc1. The van der Waals surface area contributed by atoms with E-state index < -0.39 is 12.0 Å². The van der Waals surface area contributed by atoms with Gasteiger partial charge in [-0.3, -0.25) is 4.79 Å². The maximum absolute atomic E-state index is 12.0. The highest BCUT2D eigenvalue weighted by atomic mass is 32.2. The van der Waals surface area contributed by atoms with Crippen molar-refractivity contribution in [2.24, 2.45) is 0 Å². The molecule has 2 rings (SSSR count). The van der Waals surface area contributed by atoms with Crippen LogP contribution >= 0.6 is 11.8 Å². The van der Waals surface area contributed by atoms with Crippen LogP contribution in [-0.4, -0.2) is 33.7 Å². The Bertz CT molecular complexity index is 548. The van der Waals surface area contributed by atoms with E-state index in [1.165, 1.54) is 22.2 Å². The zero-order chi connectivity index (χ0) is 15.8. The summed E-state index contributed by atoms with van der Waals surface area (Å²) >= 11 is 1.48. The highest BCUT2D eigenvalue weighted by Gasteiger charge is 2.38. The van der Waals surface area contributed by atoms with E-state index >= 15 is 0 Å². The molecule has 1 aliphatic rings. The summed E-state index contributed by atoms with van der Waals surface area (Å²) in [6, 6.07) is 7.31. The minimum Gasteiger partial charge on any atom is -0.480 e. The smallest absolute Gasteiger partial charge is 0.326 e. The Morgan fingerprint density at radius 1 is 1.33 bits per heavy atom. The number of carbonyl (C=O) groups is 2. The third-order valence-electron chi connectivity index (χ3n) is 3.74. The molecule has 1 aromatic carbocycles. The fraction of sp³-hybridized carbons (Fsp3) is 0.500. The lowest BCUT2D eigenvalue weighted by Gasteiger charge is -2.28. The summed E-state index contributed by atoms with van der Waals surface area (Å²) in [5, 5.41) is 8.96. The normalized spacial score (nSPS) is 20.7. The third kappa shape index (κ3) is 3.23. The molecule has 0 spiro atoms. The van der Waals surface area contributed by atoms with Crippen molar-refractivity contribution in [1.82, 2.24) is 4.90 Å². The molecule has 1 aromatic rings. The Labute approximate surface area is 129 Å². The summed E-state index contributed by atoms with van der Waals surface area (Å²) in [6.45, 7) is 8.00. The Balaban J connectivity index is 2.28. The van der Waals surface area contributed by atoms with Crippen molar-refractivity contribution in [2.75, 3.05) is 5.75 Å². The molecule has 1 amide bonds. The average Bonchev–Trinajstić information content (AvgIpc) is 2.78. The molecule has 0 radical (unpaired) electrons. The number of aliphatic carboxylic acids is 1. The number of thioether (sulfide) groups is 1. The minimum atomic E-state index is -0.970. The fourth-order valence-electron chi connectivity index (χ4n) is 2.38. The Hall–Kier alpha value is -1.49. The number of amides is 1. The topological polar surface area (TPSA) is 57.6 Å². The second kappa shape index (κ2) is 5.72. The van der Waals surface area contributed by atoms with Crippen molar-refractivity contribution in [3.63, 3.8) is 0 Å². The van der Waals surface area contributed by atoms with Gasteiger partial charge in [-0.15, -0.1) is 11.8 Å². The van der Waals surface area contributed by atoms with E-state index in [1.54, 1.807) is 6.92 Å². The van der Waals surface area contributed by atoms with Gasteiger partial charge in [0.25, 0.3) is 0 Å². The van der Waals surface area contributed by atoms with Crippen LogP contribution in [0.3, 0.4) is 0 Å². The van der Waals surface area contributed by atoms with Gasteiger partial charge in [-0.1, -0.05) is 45.0 Å². The van der Waals surface area contributed by atoms with Gasteiger partial charge in [0.1, 0.15) is 11.4 Å². The van der Waals surface area contributed by atoms with Crippen molar-refractivity contribution in [2.45, 2.75) is 44.5 Å². The first-order chi connectivity index (χ1) is 9.71. The van der Waals surface area contributed by atoms with Gasteiger partial charge in [0, 0.05) is 0 Å². The van der Waals surface area contributed by atoms with E-state index in [4.69, 9.17) is 0 Å². The second-order valence-corrected chi connectivity index (χ2v) is 7.42. The molecule has 1 fully saturated rings. The molecule has 0 aliphatic carbocycles. The van der Waals surface area contributed by atoms with Crippen LogP contribution in [0.4, 0.5) is 0 Å². The number of nitrogens with zero attached hydrogens (tertiary/aromatic N) is 1. The Kier molecular flexibility index (Phi) is 4.33. The first-order valence-corrected chi connectivity index (χ1v) is 8.02. The maximum Gasteiger partial charge on any atom is 0.326 e. The number of hydrogen-bond donors (Lipinski definition) is 1. The molecular weight excluding hydrogens is 286 g/mol. The van der Waals surface area contributed by atoms with E-state index in [0.29, 0.717) is 5.75 Å². The molecule has 0 bridgehead atoms. The summed E-state index contributed by atoms with van der Waals surface area (Å²) in [6.07, 6.45) is 0. The van der Waals surface area contributed by atoms with Crippen LogP contribution in [0.2, 0.25) is 0 Å². The molecule has 1 aliphatic heterocycles. The van der Waals surface area contributed by atoms with Crippen LogP contribution in [0.25, 0.3) is 0 Å². The van der Waals surface area contributed by atoms with Gasteiger partial charge in [0.15, 0.2) is 0 Å². The monoisotopic (exact) mass is 307 g/mol. The zero-order valence-corrected chi connectivity index (χ0v) is 13.6. The quantitative estimate of drug-likeness (QED) is 0.932. The molecule has 5 heteroatoms. The van der Waals surface area contributed by atoms with E-state index in [2.05, 4.69) is 32.9 Å². The number of carbonyl (C=O) groups excluding carboxylic acids is 1. The first kappa shape index (κ1) is 15.9. The number of benzene rings is 1. The highest BCUT2D eigenvalue weighted by Crippen LogP contribution is 2.40. The molecule has 4 nitrogen and oxygen atoms in total. The molecule has 1 saturated heterocycles. The first-order valence-electron chi connectivity index (χ1n) is 6.98. The fourth-order valence-corrected chi connectivity index (χ4v) is 3.64. The lowest BCUT2D eigenvalue weighted by Crippen LogP contribution is -2.41. The minimum absolute atomic E-state index is 0.0746. The molecule has 0 unspecified atom stereocenters. The summed E-state index contributed by atoms with van der Waals surface area (Å²) in [7, 11) is 0. The van der Waals surface area contributed by atoms with Crippen molar-refractivity contribution < 1.29 is 14.7 Å². The van der Waals surface area contributed by atoms with Gasteiger partial charge in [-0.25, -0.2) is 4.79 Å². The van der Waals surface area contributed by atoms with Crippen LogP contribution in [0, 0.1) is 0 Å². The third-order valence-corrected chi connectivity index (χ3v) is 4.97. The Morgan fingerprint density at radius 2 is 1.90 bits per heavy atom. The van der Waals surface area contributed by atoms with Gasteiger partial charge >= 0.3 is 5.97 Å². The number of carboxylic acids is 1. The average molecular weight is 307 g/mol. The summed E-state index contributed by atoms with van der Waals surface area (Å²) in [4.78, 5) is 24.6. The molecule has 0 aromatic heterocycles. The zero-order valence-electron chi connectivity index (χ0n) is 12.8. The summed E-state index contributed by atoms with van der Waals surface area (Å²) in [5.74, 6) is -0.745. The number of carboxylic acid groups (broad SMARTS) is 1. The molecule has 1 heterocycles. The standard InChI is InChI=1S/C16H21NO3S/c1-10(15(19)20)17-13(18)9-21-14(17)11-5-7-12(8-6-11)16(2,3)4/h5-8,10,14H,9H2,1-4H3,(H,19,20)/t10-,14-/m1/s1.